The van der Waals surface area contributed by atoms with E-state index in [0.29, 0.717) is 6.42 Å². The van der Waals surface area contributed by atoms with E-state index in [0.717, 1.165) is 45.1 Å². The van der Waals surface area contributed by atoms with E-state index in [9.17, 15) is 4.79 Å². The van der Waals surface area contributed by atoms with Crippen molar-refractivity contribution in [1.29, 1.82) is 0 Å². The highest BCUT2D eigenvalue weighted by Crippen LogP contribution is 2.07. The van der Waals surface area contributed by atoms with E-state index >= 15 is 0 Å². The second-order valence-electron chi connectivity index (χ2n) is 4.04. The molecule has 0 aliphatic rings. The standard InChI is InChI=1S/C12H25NO2/c1-3-8-11(2)15-12(14)9-6-4-5-7-10-13/h11H,3-10,13H2,1-2H3. The molecule has 0 saturated heterocycles. The third-order valence-electron chi connectivity index (χ3n) is 2.36. The molecule has 0 aromatic rings. The number of nitrogens with two attached hydrogens (primary N) is 1. The molecule has 0 saturated carbocycles. The van der Waals surface area contributed by atoms with Crippen LogP contribution in [0.1, 0.15) is 58.8 Å². The lowest BCUT2D eigenvalue weighted by Gasteiger charge is -2.11. The van der Waals surface area contributed by atoms with Gasteiger partial charge in [-0.15, -0.1) is 0 Å². The fourth-order valence-corrected chi connectivity index (χ4v) is 1.52. The summed E-state index contributed by atoms with van der Waals surface area (Å²) in [7, 11) is 0. The molecule has 90 valence electrons. The van der Waals surface area contributed by atoms with Crippen molar-refractivity contribution in [1.82, 2.24) is 0 Å². The van der Waals surface area contributed by atoms with Crippen molar-refractivity contribution in [3.63, 3.8) is 0 Å². The van der Waals surface area contributed by atoms with E-state index in [1.54, 1.807) is 0 Å². The van der Waals surface area contributed by atoms with Crippen molar-refractivity contribution in [2.45, 2.75) is 64.9 Å². The fourth-order valence-electron chi connectivity index (χ4n) is 1.52. The van der Waals surface area contributed by atoms with Crippen molar-refractivity contribution in [2.24, 2.45) is 5.73 Å². The van der Waals surface area contributed by atoms with Crippen molar-refractivity contribution in [2.75, 3.05) is 6.54 Å². The van der Waals surface area contributed by atoms with Crippen LogP contribution in [-0.2, 0) is 9.53 Å². The van der Waals surface area contributed by atoms with Crippen LogP contribution in [0.15, 0.2) is 0 Å². The van der Waals surface area contributed by atoms with E-state index in [4.69, 9.17) is 10.5 Å². The van der Waals surface area contributed by atoms with Gasteiger partial charge in [-0.3, -0.25) is 4.79 Å². The normalized spacial score (nSPS) is 12.5. The summed E-state index contributed by atoms with van der Waals surface area (Å²) >= 11 is 0. The highest BCUT2D eigenvalue weighted by molar-refractivity contribution is 5.69. The SMILES string of the molecule is CCCC(C)OC(=O)CCCCCCN. The lowest BCUT2D eigenvalue weighted by Crippen LogP contribution is -2.14. The van der Waals surface area contributed by atoms with Gasteiger partial charge in [-0.2, -0.15) is 0 Å². The predicted molar refractivity (Wildman–Crippen MR) is 62.6 cm³/mol. The molecule has 15 heavy (non-hydrogen) atoms. The minimum atomic E-state index is -0.0521. The van der Waals surface area contributed by atoms with Gasteiger partial charge < -0.3 is 10.5 Å². The first-order valence-corrected chi connectivity index (χ1v) is 6.10. The number of rotatable bonds is 9. The van der Waals surface area contributed by atoms with Gasteiger partial charge in [0.25, 0.3) is 0 Å². The molecule has 0 aromatic carbocycles. The van der Waals surface area contributed by atoms with Gasteiger partial charge in [0, 0.05) is 6.42 Å². The molecule has 0 bridgehead atoms. The maximum atomic E-state index is 11.3. The molecule has 3 heteroatoms. The topological polar surface area (TPSA) is 52.3 Å². The third kappa shape index (κ3) is 9.73. The average molecular weight is 215 g/mol. The smallest absolute Gasteiger partial charge is 0.306 e. The van der Waals surface area contributed by atoms with Gasteiger partial charge in [0.05, 0.1) is 6.10 Å². The molecule has 0 aliphatic carbocycles. The molecule has 2 N–H and O–H groups in total. The van der Waals surface area contributed by atoms with Crippen LogP contribution >= 0.6 is 0 Å². The molecule has 1 atom stereocenters. The summed E-state index contributed by atoms with van der Waals surface area (Å²) in [5, 5.41) is 0. The van der Waals surface area contributed by atoms with Gasteiger partial charge in [-0.05, 0) is 32.7 Å². The van der Waals surface area contributed by atoms with Crippen molar-refractivity contribution in [3.05, 3.63) is 0 Å². The first-order valence-electron chi connectivity index (χ1n) is 6.10. The van der Waals surface area contributed by atoms with Gasteiger partial charge in [0.1, 0.15) is 0 Å². The molecule has 0 rings (SSSR count). The largest absolute Gasteiger partial charge is 0.463 e. The number of carbonyl (C=O) groups is 1. The summed E-state index contributed by atoms with van der Waals surface area (Å²) in [6.07, 6.45) is 6.83. The Kier molecular flexibility index (Phi) is 9.59. The fraction of sp³-hybridized carbons (Fsp3) is 0.917. The summed E-state index contributed by atoms with van der Waals surface area (Å²) in [4.78, 5) is 11.3. The molecule has 0 radical (unpaired) electrons. The molecule has 0 fully saturated rings. The van der Waals surface area contributed by atoms with Crippen molar-refractivity contribution in [3.8, 4) is 0 Å². The van der Waals surface area contributed by atoms with Crippen LogP contribution in [0.2, 0.25) is 0 Å². The van der Waals surface area contributed by atoms with Crippen molar-refractivity contribution < 1.29 is 9.53 Å². The zero-order chi connectivity index (χ0) is 11.5. The van der Waals surface area contributed by atoms with Crippen LogP contribution in [0.3, 0.4) is 0 Å². The Hall–Kier alpha value is -0.570. The predicted octanol–water partition coefficient (Wildman–Crippen LogP) is 2.63. The van der Waals surface area contributed by atoms with E-state index in [1.165, 1.54) is 0 Å². The van der Waals surface area contributed by atoms with Gasteiger partial charge >= 0.3 is 5.97 Å². The monoisotopic (exact) mass is 215 g/mol. The number of carbonyl (C=O) groups excluding carboxylic acids is 1. The van der Waals surface area contributed by atoms with Crippen LogP contribution in [0, 0.1) is 0 Å². The second-order valence-corrected chi connectivity index (χ2v) is 4.04. The zero-order valence-corrected chi connectivity index (χ0v) is 10.1. The van der Waals surface area contributed by atoms with Gasteiger partial charge in [0.2, 0.25) is 0 Å². The van der Waals surface area contributed by atoms with E-state index in [-0.39, 0.29) is 12.1 Å². The van der Waals surface area contributed by atoms with Gasteiger partial charge in [-0.1, -0.05) is 26.2 Å². The Balaban J connectivity index is 3.32. The summed E-state index contributed by atoms with van der Waals surface area (Å²) < 4.78 is 5.23. The summed E-state index contributed by atoms with van der Waals surface area (Å²) in [5.74, 6) is -0.0521. The Bertz CT molecular complexity index is 160. The molecular formula is C12H25NO2. The molecule has 0 amide bonds. The number of esters is 1. The quantitative estimate of drug-likeness (QED) is 0.475. The molecule has 0 aromatic heterocycles. The maximum absolute atomic E-state index is 11.3. The first kappa shape index (κ1) is 14.4. The minimum absolute atomic E-state index is 0.0521. The third-order valence-corrected chi connectivity index (χ3v) is 2.36. The molecular weight excluding hydrogens is 190 g/mol. The van der Waals surface area contributed by atoms with E-state index in [1.807, 2.05) is 6.92 Å². The lowest BCUT2D eigenvalue weighted by molar-refractivity contribution is -0.148. The number of unbranched alkanes of at least 4 members (excludes halogenated alkanes) is 3. The molecule has 3 nitrogen and oxygen atoms in total. The van der Waals surface area contributed by atoms with Crippen LogP contribution in [0.4, 0.5) is 0 Å². The summed E-state index contributed by atoms with van der Waals surface area (Å²) in [6.45, 7) is 4.80. The Morgan fingerprint density at radius 2 is 1.93 bits per heavy atom. The molecule has 0 heterocycles. The van der Waals surface area contributed by atoms with Gasteiger partial charge in [-0.25, -0.2) is 0 Å². The highest BCUT2D eigenvalue weighted by Gasteiger charge is 2.07. The Morgan fingerprint density at radius 1 is 1.27 bits per heavy atom. The molecule has 0 spiro atoms. The second kappa shape index (κ2) is 9.97. The number of hydrogen-bond donors (Lipinski definition) is 1. The van der Waals surface area contributed by atoms with Crippen LogP contribution < -0.4 is 5.73 Å². The summed E-state index contributed by atoms with van der Waals surface area (Å²) in [5.41, 5.74) is 5.38. The first-order chi connectivity index (χ1) is 7.20. The summed E-state index contributed by atoms with van der Waals surface area (Å²) in [6, 6.07) is 0. The Labute approximate surface area is 93.4 Å². The Morgan fingerprint density at radius 3 is 2.53 bits per heavy atom. The van der Waals surface area contributed by atoms with Crippen LogP contribution in [0.5, 0.6) is 0 Å². The van der Waals surface area contributed by atoms with E-state index in [2.05, 4.69) is 6.92 Å². The lowest BCUT2D eigenvalue weighted by atomic mass is 10.1. The number of ether oxygens (including phenoxy) is 1. The average Bonchev–Trinajstić information content (AvgIpc) is 2.17. The molecule has 0 aliphatic heterocycles. The van der Waals surface area contributed by atoms with E-state index < -0.39 is 0 Å². The number of hydrogen-bond acceptors (Lipinski definition) is 3. The molecule has 1 unspecified atom stereocenters. The highest BCUT2D eigenvalue weighted by atomic mass is 16.5. The van der Waals surface area contributed by atoms with Crippen LogP contribution in [-0.4, -0.2) is 18.6 Å². The zero-order valence-electron chi connectivity index (χ0n) is 10.1. The maximum Gasteiger partial charge on any atom is 0.306 e. The van der Waals surface area contributed by atoms with Crippen LogP contribution in [0.25, 0.3) is 0 Å². The van der Waals surface area contributed by atoms with Gasteiger partial charge in [0.15, 0.2) is 0 Å². The minimum Gasteiger partial charge on any atom is -0.463 e. The van der Waals surface area contributed by atoms with Crippen molar-refractivity contribution >= 4 is 5.97 Å².